The van der Waals surface area contributed by atoms with E-state index < -0.39 is 0 Å². The number of nitrogens with zero attached hydrogens (tertiary/aromatic N) is 3. The summed E-state index contributed by atoms with van der Waals surface area (Å²) in [6.45, 7) is 1.46. The molecule has 1 aromatic heterocycles. The summed E-state index contributed by atoms with van der Waals surface area (Å²) in [6, 6.07) is 24.8. The molecule has 5 rings (SSSR count). The molecule has 0 radical (unpaired) electrons. The summed E-state index contributed by atoms with van der Waals surface area (Å²) in [6.07, 6.45) is 1.78. The van der Waals surface area contributed by atoms with E-state index >= 15 is 0 Å². The van der Waals surface area contributed by atoms with Gasteiger partial charge in [-0.05, 0) is 29.3 Å². The zero-order valence-corrected chi connectivity index (χ0v) is 14.8. The summed E-state index contributed by atoms with van der Waals surface area (Å²) >= 11 is 0. The van der Waals surface area contributed by atoms with Crippen molar-refractivity contribution in [2.24, 2.45) is 0 Å². The number of nitrogens with one attached hydrogen (secondary N) is 2. The average molecular weight is 353 g/mol. The van der Waals surface area contributed by atoms with Crippen molar-refractivity contribution in [1.82, 2.24) is 15.0 Å². The zero-order chi connectivity index (χ0) is 18.1. The van der Waals surface area contributed by atoms with Gasteiger partial charge in [-0.15, -0.1) is 0 Å². The van der Waals surface area contributed by atoms with E-state index in [2.05, 4.69) is 68.2 Å². The molecule has 0 aliphatic carbocycles. The molecule has 5 nitrogen and oxygen atoms in total. The highest BCUT2D eigenvalue weighted by molar-refractivity contribution is 5.76. The van der Waals surface area contributed by atoms with Crippen LogP contribution < -0.4 is 10.7 Å². The Kier molecular flexibility index (Phi) is 3.92. The van der Waals surface area contributed by atoms with Crippen molar-refractivity contribution in [3.05, 3.63) is 84.6 Å². The largest absolute Gasteiger partial charge is 0.354 e. The van der Waals surface area contributed by atoms with Gasteiger partial charge in [0, 0.05) is 12.1 Å². The average Bonchev–Trinajstić information content (AvgIpc) is 3.16. The van der Waals surface area contributed by atoms with Crippen LogP contribution >= 0.6 is 0 Å². The van der Waals surface area contributed by atoms with Crippen molar-refractivity contribution in [2.75, 3.05) is 17.4 Å². The Bertz CT molecular complexity index is 1090. The van der Waals surface area contributed by atoms with Crippen LogP contribution in [0.4, 0.5) is 11.5 Å². The van der Waals surface area contributed by atoms with Crippen LogP contribution in [0, 0.1) is 0 Å². The van der Waals surface area contributed by atoms with E-state index in [4.69, 9.17) is 0 Å². The molecule has 0 fully saturated rings. The Morgan fingerprint density at radius 1 is 0.889 bits per heavy atom. The quantitative estimate of drug-likeness (QED) is 0.565. The second-order valence-electron chi connectivity index (χ2n) is 6.59. The Labute approximate surface area is 157 Å². The Morgan fingerprint density at radius 3 is 2.59 bits per heavy atom. The lowest BCUT2D eigenvalue weighted by atomic mass is 9.99. The molecule has 0 amide bonds. The summed E-state index contributed by atoms with van der Waals surface area (Å²) < 4.78 is 0. The molecule has 0 saturated carbocycles. The molecule has 132 valence electrons. The van der Waals surface area contributed by atoms with E-state index in [0.717, 1.165) is 29.1 Å². The van der Waals surface area contributed by atoms with E-state index in [-0.39, 0.29) is 0 Å². The molecule has 0 spiro atoms. The summed E-state index contributed by atoms with van der Waals surface area (Å²) in [5.74, 6) is 0.773. The van der Waals surface area contributed by atoms with Gasteiger partial charge in [-0.25, -0.2) is 4.98 Å². The van der Waals surface area contributed by atoms with Crippen LogP contribution in [-0.4, -0.2) is 21.6 Å². The van der Waals surface area contributed by atoms with E-state index in [1.165, 1.54) is 16.7 Å². The number of anilines is 2. The molecule has 2 heterocycles. The van der Waals surface area contributed by atoms with Gasteiger partial charge in [0.15, 0.2) is 0 Å². The SMILES string of the molecule is c1ccc(-c2cccc3c2CN(CNc2cnc4ccccc4n2)N3)cc1. The summed E-state index contributed by atoms with van der Waals surface area (Å²) in [5.41, 5.74) is 10.3. The van der Waals surface area contributed by atoms with Gasteiger partial charge in [0.05, 0.1) is 29.6 Å². The van der Waals surface area contributed by atoms with E-state index in [0.29, 0.717) is 6.67 Å². The van der Waals surface area contributed by atoms with E-state index in [1.54, 1.807) is 6.20 Å². The predicted octanol–water partition coefficient (Wildman–Crippen LogP) is 4.51. The van der Waals surface area contributed by atoms with Crippen LogP contribution in [0.15, 0.2) is 79.0 Å². The highest BCUT2D eigenvalue weighted by Crippen LogP contribution is 2.34. The molecule has 27 heavy (non-hydrogen) atoms. The number of fused-ring (bicyclic) bond motifs is 2. The summed E-state index contributed by atoms with van der Waals surface area (Å²) in [7, 11) is 0. The van der Waals surface area contributed by atoms with Crippen molar-refractivity contribution >= 4 is 22.5 Å². The molecule has 2 N–H and O–H groups in total. The van der Waals surface area contributed by atoms with Gasteiger partial charge in [0.2, 0.25) is 0 Å². The maximum Gasteiger partial charge on any atom is 0.146 e. The first-order valence-electron chi connectivity index (χ1n) is 9.01. The van der Waals surface area contributed by atoms with Crippen LogP contribution in [0.2, 0.25) is 0 Å². The number of para-hydroxylation sites is 2. The lowest BCUT2D eigenvalue weighted by Crippen LogP contribution is -2.29. The zero-order valence-electron chi connectivity index (χ0n) is 14.8. The third kappa shape index (κ3) is 3.09. The fraction of sp³-hybridized carbons (Fsp3) is 0.0909. The number of hydrogen-bond acceptors (Lipinski definition) is 5. The van der Waals surface area contributed by atoms with Gasteiger partial charge in [-0.1, -0.05) is 54.6 Å². The minimum Gasteiger partial charge on any atom is -0.354 e. The molecule has 0 unspecified atom stereocenters. The maximum absolute atomic E-state index is 4.62. The third-order valence-electron chi connectivity index (χ3n) is 4.79. The molecule has 0 bridgehead atoms. The lowest BCUT2D eigenvalue weighted by molar-refractivity contribution is 0.368. The number of hydrogen-bond donors (Lipinski definition) is 2. The molecule has 3 aromatic carbocycles. The van der Waals surface area contributed by atoms with Gasteiger partial charge >= 0.3 is 0 Å². The molecule has 5 heteroatoms. The van der Waals surface area contributed by atoms with Crippen LogP contribution in [0.5, 0.6) is 0 Å². The number of benzene rings is 3. The number of hydrazine groups is 1. The van der Waals surface area contributed by atoms with Gasteiger partial charge < -0.3 is 10.7 Å². The molecular formula is C22H19N5. The molecular weight excluding hydrogens is 334 g/mol. The first kappa shape index (κ1) is 15.8. The Balaban J connectivity index is 1.32. The fourth-order valence-electron chi connectivity index (χ4n) is 3.47. The summed E-state index contributed by atoms with van der Waals surface area (Å²) in [4.78, 5) is 9.08. The van der Waals surface area contributed by atoms with Gasteiger partial charge in [-0.2, -0.15) is 5.01 Å². The first-order valence-corrected chi connectivity index (χ1v) is 9.01. The lowest BCUT2D eigenvalue weighted by Gasteiger charge is -2.17. The molecule has 1 aliphatic rings. The van der Waals surface area contributed by atoms with Crippen LogP contribution in [0.3, 0.4) is 0 Å². The highest BCUT2D eigenvalue weighted by Gasteiger charge is 2.21. The number of rotatable bonds is 4. The monoisotopic (exact) mass is 353 g/mol. The van der Waals surface area contributed by atoms with Gasteiger partial charge in [0.1, 0.15) is 5.82 Å². The van der Waals surface area contributed by atoms with Crippen molar-refractivity contribution in [1.29, 1.82) is 0 Å². The van der Waals surface area contributed by atoms with Crippen LogP contribution in [0.25, 0.3) is 22.2 Å². The van der Waals surface area contributed by atoms with Crippen molar-refractivity contribution in [3.63, 3.8) is 0 Å². The fourth-order valence-corrected chi connectivity index (χ4v) is 3.47. The first-order chi connectivity index (χ1) is 13.4. The van der Waals surface area contributed by atoms with Gasteiger partial charge in [-0.3, -0.25) is 4.98 Å². The maximum atomic E-state index is 4.62. The molecule has 0 saturated heterocycles. The summed E-state index contributed by atoms with van der Waals surface area (Å²) in [5, 5.41) is 5.51. The van der Waals surface area contributed by atoms with Crippen molar-refractivity contribution < 1.29 is 0 Å². The minimum absolute atomic E-state index is 0.635. The van der Waals surface area contributed by atoms with E-state index in [9.17, 15) is 0 Å². The predicted molar refractivity (Wildman–Crippen MR) is 109 cm³/mol. The van der Waals surface area contributed by atoms with Crippen LogP contribution in [0.1, 0.15) is 5.56 Å². The minimum atomic E-state index is 0.635. The molecule has 4 aromatic rings. The molecule has 0 atom stereocenters. The third-order valence-corrected chi connectivity index (χ3v) is 4.79. The van der Waals surface area contributed by atoms with Crippen molar-refractivity contribution in [3.8, 4) is 11.1 Å². The Morgan fingerprint density at radius 2 is 1.70 bits per heavy atom. The van der Waals surface area contributed by atoms with Gasteiger partial charge in [0.25, 0.3) is 0 Å². The highest BCUT2D eigenvalue weighted by atomic mass is 15.6. The topological polar surface area (TPSA) is 53.1 Å². The second kappa shape index (κ2) is 6.70. The smallest absolute Gasteiger partial charge is 0.146 e. The normalized spacial score (nSPS) is 13.3. The second-order valence-corrected chi connectivity index (χ2v) is 6.59. The standard InChI is InChI=1S/C22H19N5/c1-2-7-16(8-3-1)17-9-6-12-19-18(17)14-27(26-19)15-24-22-13-23-20-10-4-5-11-21(20)25-22/h1-13,26H,14-15H2,(H,24,25). The number of aromatic nitrogens is 2. The van der Waals surface area contributed by atoms with E-state index in [1.807, 2.05) is 30.3 Å². The molecule has 1 aliphatic heterocycles. The van der Waals surface area contributed by atoms with Crippen LogP contribution in [-0.2, 0) is 6.54 Å². The Hall–Kier alpha value is -3.44. The van der Waals surface area contributed by atoms with Crippen molar-refractivity contribution in [2.45, 2.75) is 6.54 Å².